The summed E-state index contributed by atoms with van der Waals surface area (Å²) < 4.78 is 14.5. The molecular weight excluding hydrogens is 602 g/mol. The number of anilines is 2. The average Bonchev–Trinajstić information content (AvgIpc) is 3.19. The van der Waals surface area contributed by atoms with Gasteiger partial charge >= 0.3 is 6.09 Å². The van der Waals surface area contributed by atoms with Crippen LogP contribution in [0.1, 0.15) is 40.3 Å². The van der Waals surface area contributed by atoms with Gasteiger partial charge in [-0.05, 0) is 68.7 Å². The van der Waals surface area contributed by atoms with Crippen LogP contribution in [0.2, 0.25) is 25.7 Å². The third-order valence-electron chi connectivity index (χ3n) is 6.91. The highest BCUT2D eigenvalue weighted by atomic mass is 79.9. The number of fused-ring (bicyclic) bond motifs is 1. The summed E-state index contributed by atoms with van der Waals surface area (Å²) in [5.41, 5.74) is 1.19. The van der Waals surface area contributed by atoms with Gasteiger partial charge in [0, 0.05) is 38.4 Å². The third kappa shape index (κ3) is 8.20. The van der Waals surface area contributed by atoms with Gasteiger partial charge in [-0.2, -0.15) is 0 Å². The second-order valence-corrected chi connectivity index (χ2v) is 19.5. The number of hydrogen-bond donors (Lipinski definition) is 1. The van der Waals surface area contributed by atoms with E-state index < -0.39 is 13.7 Å². The Morgan fingerprint density at radius 3 is 2.51 bits per heavy atom. The molecule has 1 amide bonds. The highest BCUT2D eigenvalue weighted by Crippen LogP contribution is 2.30. The molecule has 0 bridgehead atoms. The molecule has 1 aliphatic rings. The molecule has 41 heavy (non-hydrogen) atoms. The van der Waals surface area contributed by atoms with E-state index in [9.17, 15) is 4.79 Å². The van der Waals surface area contributed by atoms with Gasteiger partial charge in [0.25, 0.3) is 0 Å². The number of pyridine rings is 1. The summed E-state index contributed by atoms with van der Waals surface area (Å²) >= 11 is 3.69. The SMILES string of the molecule is C[C@@H]1CN(c2cccc(CNc3ncnc4c3c(Br)cn4COCC[Si](C)(C)C)n2)C[C@H](C)N1C(=O)OC(C)(C)C. The largest absolute Gasteiger partial charge is 0.444 e. The molecule has 0 unspecified atom stereocenters. The highest BCUT2D eigenvalue weighted by Gasteiger charge is 2.36. The molecule has 1 fully saturated rings. The summed E-state index contributed by atoms with van der Waals surface area (Å²) in [5.74, 6) is 1.63. The van der Waals surface area contributed by atoms with Crippen LogP contribution in [0.25, 0.3) is 11.0 Å². The maximum Gasteiger partial charge on any atom is 0.410 e. The van der Waals surface area contributed by atoms with Crippen molar-refractivity contribution in [3.8, 4) is 0 Å². The Morgan fingerprint density at radius 1 is 1.15 bits per heavy atom. The predicted octanol–water partition coefficient (Wildman–Crippen LogP) is 6.35. The van der Waals surface area contributed by atoms with E-state index >= 15 is 0 Å². The van der Waals surface area contributed by atoms with Crippen molar-refractivity contribution in [1.29, 1.82) is 0 Å². The van der Waals surface area contributed by atoms with Gasteiger partial charge < -0.3 is 24.3 Å². The average molecular weight is 647 g/mol. The smallest absolute Gasteiger partial charge is 0.410 e. The van der Waals surface area contributed by atoms with E-state index in [1.165, 1.54) is 0 Å². The summed E-state index contributed by atoms with van der Waals surface area (Å²) in [4.78, 5) is 30.9. The first-order valence-corrected chi connectivity index (χ1v) is 18.7. The van der Waals surface area contributed by atoms with Crippen LogP contribution >= 0.6 is 15.9 Å². The Morgan fingerprint density at radius 2 is 1.85 bits per heavy atom. The van der Waals surface area contributed by atoms with Crippen molar-refractivity contribution in [2.45, 2.75) is 91.3 Å². The quantitative estimate of drug-likeness (QED) is 0.212. The van der Waals surface area contributed by atoms with E-state index in [4.69, 9.17) is 14.5 Å². The van der Waals surface area contributed by atoms with Crippen molar-refractivity contribution in [3.05, 3.63) is 40.9 Å². The van der Waals surface area contributed by atoms with Gasteiger partial charge in [0.15, 0.2) is 0 Å². The van der Waals surface area contributed by atoms with E-state index in [0.29, 0.717) is 26.4 Å². The van der Waals surface area contributed by atoms with Gasteiger partial charge in [-0.1, -0.05) is 25.7 Å². The number of nitrogens with one attached hydrogen (secondary N) is 1. The Labute approximate surface area is 253 Å². The second kappa shape index (κ2) is 12.7. The number of nitrogens with zero attached hydrogens (tertiary/aromatic N) is 6. The Kier molecular flexibility index (Phi) is 9.65. The van der Waals surface area contributed by atoms with Crippen molar-refractivity contribution in [1.82, 2.24) is 24.4 Å². The lowest BCUT2D eigenvalue weighted by Gasteiger charge is -2.45. The monoisotopic (exact) mass is 645 g/mol. The van der Waals surface area contributed by atoms with E-state index in [1.54, 1.807) is 6.33 Å². The van der Waals surface area contributed by atoms with Crippen molar-refractivity contribution in [2.24, 2.45) is 0 Å². The highest BCUT2D eigenvalue weighted by molar-refractivity contribution is 9.10. The maximum absolute atomic E-state index is 12.8. The minimum absolute atomic E-state index is 0.00705. The molecule has 4 rings (SSSR count). The van der Waals surface area contributed by atoms with Crippen LogP contribution in [0, 0.1) is 0 Å². The molecule has 2 atom stereocenters. The standard InChI is InChI=1S/C29H44BrN7O3Si/c1-20-15-35(16-21(2)37(20)28(38)40-29(3,4)5)24-11-9-10-22(34-24)14-31-26-25-23(30)17-36(27(25)33-18-32-26)19-39-12-13-41(6,7)8/h9-11,17-18,20-21H,12-16,19H2,1-8H3,(H,31,32,33)/t20-,21+. The van der Waals surface area contributed by atoms with E-state index in [2.05, 4.69) is 69.6 Å². The summed E-state index contributed by atoms with van der Waals surface area (Å²) in [6, 6.07) is 7.16. The van der Waals surface area contributed by atoms with Gasteiger partial charge in [0.1, 0.15) is 35.9 Å². The van der Waals surface area contributed by atoms with Crippen LogP contribution in [-0.4, -0.2) is 76.0 Å². The minimum Gasteiger partial charge on any atom is -0.444 e. The van der Waals surface area contributed by atoms with Crippen LogP contribution in [0.15, 0.2) is 35.2 Å². The van der Waals surface area contributed by atoms with Gasteiger partial charge in [-0.25, -0.2) is 19.7 Å². The number of carbonyl (C=O) groups excluding carboxylic acids is 1. The fourth-order valence-electron chi connectivity index (χ4n) is 4.95. The first-order valence-electron chi connectivity index (χ1n) is 14.2. The Balaban J connectivity index is 1.41. The molecule has 0 aliphatic carbocycles. The number of rotatable bonds is 9. The summed E-state index contributed by atoms with van der Waals surface area (Å²) in [6.45, 7) is 19.9. The molecule has 12 heteroatoms. The zero-order chi connectivity index (χ0) is 29.9. The van der Waals surface area contributed by atoms with Crippen molar-refractivity contribution in [3.63, 3.8) is 0 Å². The first kappa shape index (κ1) is 31.2. The fourth-order valence-corrected chi connectivity index (χ4v) is 6.32. The lowest BCUT2D eigenvalue weighted by molar-refractivity contribution is 0.00560. The third-order valence-corrected chi connectivity index (χ3v) is 9.22. The molecule has 0 radical (unpaired) electrons. The topological polar surface area (TPSA) is 97.6 Å². The Hall–Kier alpha value is -2.70. The normalized spacial score (nSPS) is 18.2. The fraction of sp³-hybridized carbons (Fsp3) is 0.586. The second-order valence-electron chi connectivity index (χ2n) is 13.0. The molecule has 1 aliphatic heterocycles. The molecule has 3 aromatic heterocycles. The van der Waals surface area contributed by atoms with Gasteiger partial charge in [-0.15, -0.1) is 0 Å². The van der Waals surface area contributed by atoms with E-state index in [1.807, 2.05) is 54.6 Å². The number of aromatic nitrogens is 4. The number of piperazine rings is 1. The lowest BCUT2D eigenvalue weighted by atomic mass is 10.1. The van der Waals surface area contributed by atoms with Crippen LogP contribution in [-0.2, 0) is 22.7 Å². The van der Waals surface area contributed by atoms with Crippen molar-refractivity contribution in [2.75, 3.05) is 29.9 Å². The molecule has 224 valence electrons. The predicted molar refractivity (Wildman–Crippen MR) is 170 cm³/mol. The Bertz CT molecular complexity index is 1340. The molecule has 4 heterocycles. The molecular formula is C29H44BrN7O3Si. The van der Waals surface area contributed by atoms with E-state index in [-0.39, 0.29) is 18.2 Å². The maximum atomic E-state index is 12.8. The molecule has 3 aromatic rings. The number of carbonyl (C=O) groups is 1. The van der Waals surface area contributed by atoms with Crippen LogP contribution in [0.5, 0.6) is 0 Å². The number of hydrogen-bond acceptors (Lipinski definition) is 8. The summed E-state index contributed by atoms with van der Waals surface area (Å²) in [7, 11) is -1.14. The lowest BCUT2D eigenvalue weighted by Crippen LogP contribution is -2.59. The van der Waals surface area contributed by atoms with Crippen LogP contribution < -0.4 is 10.2 Å². The molecule has 0 saturated carbocycles. The summed E-state index contributed by atoms with van der Waals surface area (Å²) in [5, 5.41) is 4.37. The molecule has 10 nitrogen and oxygen atoms in total. The zero-order valence-electron chi connectivity index (χ0n) is 25.6. The number of amides is 1. The summed E-state index contributed by atoms with van der Waals surface area (Å²) in [6.07, 6.45) is 3.31. The van der Waals surface area contributed by atoms with Gasteiger partial charge in [0.05, 0.1) is 29.7 Å². The van der Waals surface area contributed by atoms with Gasteiger partial charge in [0.2, 0.25) is 0 Å². The minimum atomic E-state index is -1.14. The number of halogens is 1. The van der Waals surface area contributed by atoms with Crippen molar-refractivity contribution < 1.29 is 14.3 Å². The molecule has 0 spiro atoms. The molecule has 1 saturated heterocycles. The van der Waals surface area contributed by atoms with Crippen LogP contribution in [0.4, 0.5) is 16.4 Å². The zero-order valence-corrected chi connectivity index (χ0v) is 28.2. The van der Waals surface area contributed by atoms with Crippen LogP contribution in [0.3, 0.4) is 0 Å². The first-order chi connectivity index (χ1) is 19.2. The number of ether oxygens (including phenoxy) is 2. The molecule has 1 N–H and O–H groups in total. The van der Waals surface area contributed by atoms with Gasteiger partial charge in [-0.3, -0.25) is 4.90 Å². The molecule has 0 aromatic carbocycles. The van der Waals surface area contributed by atoms with E-state index in [0.717, 1.165) is 45.5 Å². The van der Waals surface area contributed by atoms with Crippen molar-refractivity contribution >= 4 is 52.8 Å².